The van der Waals surface area contributed by atoms with Crippen LogP contribution in [0.4, 0.5) is 16.2 Å². The summed E-state index contributed by atoms with van der Waals surface area (Å²) >= 11 is 1.47. The van der Waals surface area contributed by atoms with E-state index in [-0.39, 0.29) is 6.03 Å². The van der Waals surface area contributed by atoms with Crippen molar-refractivity contribution in [2.75, 3.05) is 10.7 Å². The van der Waals surface area contributed by atoms with Gasteiger partial charge in [-0.3, -0.25) is 0 Å². The minimum atomic E-state index is -0.337. The Morgan fingerprint density at radius 3 is 2.11 bits per heavy atom. The molecule has 2 N–H and O–H groups in total. The van der Waals surface area contributed by atoms with Crippen molar-refractivity contribution in [2.24, 2.45) is 4.99 Å². The molecular formula is C22H18N4OS. The number of anilines is 1. The van der Waals surface area contributed by atoms with E-state index in [9.17, 15) is 4.79 Å². The van der Waals surface area contributed by atoms with Gasteiger partial charge >= 0.3 is 6.03 Å². The largest absolute Gasteiger partial charge is 0.338 e. The van der Waals surface area contributed by atoms with Crippen LogP contribution >= 0.6 is 11.3 Å². The number of aromatic nitrogens is 1. The Balaban J connectivity index is 1.71. The second-order valence-corrected chi connectivity index (χ2v) is 6.82. The number of rotatable bonds is 4. The molecule has 1 heterocycles. The lowest BCUT2D eigenvalue weighted by molar-refractivity contribution is 0.259. The van der Waals surface area contributed by atoms with E-state index in [0.29, 0.717) is 4.80 Å². The quantitative estimate of drug-likeness (QED) is 0.496. The molecule has 0 bridgehead atoms. The highest BCUT2D eigenvalue weighted by atomic mass is 32.1. The zero-order valence-electron chi connectivity index (χ0n) is 14.9. The number of benzene rings is 3. The molecule has 0 fully saturated rings. The third-order valence-corrected chi connectivity index (χ3v) is 4.83. The molecule has 0 radical (unpaired) electrons. The zero-order valence-corrected chi connectivity index (χ0v) is 15.8. The van der Waals surface area contributed by atoms with Crippen molar-refractivity contribution in [3.63, 3.8) is 0 Å². The lowest BCUT2D eigenvalue weighted by Crippen LogP contribution is -2.34. The fourth-order valence-corrected chi connectivity index (χ4v) is 3.57. The van der Waals surface area contributed by atoms with Crippen molar-refractivity contribution >= 4 is 28.7 Å². The Kier molecular flexibility index (Phi) is 5.31. The van der Waals surface area contributed by atoms with Gasteiger partial charge in [0.2, 0.25) is 4.80 Å². The predicted octanol–water partition coefficient (Wildman–Crippen LogP) is 5.22. The second kappa shape index (κ2) is 8.37. The molecule has 0 spiro atoms. The monoisotopic (exact) mass is 386 g/mol. The topological polar surface area (TPSA) is 58.4 Å². The van der Waals surface area contributed by atoms with E-state index in [0.717, 1.165) is 22.6 Å². The number of nitrogens with zero attached hydrogens (tertiary/aromatic N) is 2. The summed E-state index contributed by atoms with van der Waals surface area (Å²) in [7, 11) is 0. The van der Waals surface area contributed by atoms with Gasteiger partial charge in [-0.25, -0.2) is 19.9 Å². The first-order chi connectivity index (χ1) is 13.8. The van der Waals surface area contributed by atoms with E-state index in [4.69, 9.17) is 0 Å². The first-order valence-corrected chi connectivity index (χ1v) is 9.66. The minimum Gasteiger partial charge on any atom is -0.307 e. The molecule has 1 aromatic heterocycles. The number of thiazole rings is 1. The van der Waals surface area contributed by atoms with Gasteiger partial charge in [0.05, 0.1) is 11.4 Å². The summed E-state index contributed by atoms with van der Waals surface area (Å²) in [6.07, 6.45) is 0. The summed E-state index contributed by atoms with van der Waals surface area (Å²) in [4.78, 5) is 17.9. The van der Waals surface area contributed by atoms with Crippen molar-refractivity contribution in [1.29, 1.82) is 0 Å². The van der Waals surface area contributed by atoms with Crippen LogP contribution in [0.25, 0.3) is 11.3 Å². The molecule has 4 aromatic rings. The van der Waals surface area contributed by atoms with Crippen molar-refractivity contribution < 1.29 is 4.79 Å². The SMILES string of the molecule is O=C(Nc1ccccc1)Nn1c(-c2ccccc2)csc1=Nc1ccccc1. The number of hydrogen-bond acceptors (Lipinski definition) is 3. The molecule has 6 heteroatoms. The lowest BCUT2D eigenvalue weighted by Gasteiger charge is -2.12. The van der Waals surface area contributed by atoms with Crippen LogP contribution in [0.5, 0.6) is 0 Å². The Morgan fingerprint density at radius 2 is 1.43 bits per heavy atom. The van der Waals surface area contributed by atoms with Crippen LogP contribution in [0.1, 0.15) is 0 Å². The molecule has 0 unspecified atom stereocenters. The summed E-state index contributed by atoms with van der Waals surface area (Å²) in [5, 5.41) is 4.83. The molecule has 5 nitrogen and oxygen atoms in total. The molecule has 0 aliphatic rings. The van der Waals surface area contributed by atoms with Gasteiger partial charge in [0.25, 0.3) is 0 Å². The molecule has 28 heavy (non-hydrogen) atoms. The minimum absolute atomic E-state index is 0.337. The van der Waals surface area contributed by atoms with Gasteiger partial charge in [-0.15, -0.1) is 11.3 Å². The Morgan fingerprint density at radius 1 is 0.821 bits per heavy atom. The van der Waals surface area contributed by atoms with E-state index in [1.54, 1.807) is 4.68 Å². The van der Waals surface area contributed by atoms with Crippen LogP contribution in [0.3, 0.4) is 0 Å². The van der Waals surface area contributed by atoms with Crippen molar-refractivity contribution in [2.45, 2.75) is 0 Å². The molecular weight excluding hydrogens is 368 g/mol. The fourth-order valence-electron chi connectivity index (χ4n) is 2.70. The number of carbonyl (C=O) groups excluding carboxylic acids is 1. The predicted molar refractivity (Wildman–Crippen MR) is 114 cm³/mol. The third-order valence-electron chi connectivity index (χ3n) is 4.00. The fraction of sp³-hybridized carbons (Fsp3) is 0. The van der Waals surface area contributed by atoms with Crippen LogP contribution in [0, 0.1) is 0 Å². The number of carbonyl (C=O) groups is 1. The van der Waals surface area contributed by atoms with Crippen molar-refractivity contribution in [3.05, 3.63) is 101 Å². The summed E-state index contributed by atoms with van der Waals surface area (Å²) < 4.78 is 1.71. The van der Waals surface area contributed by atoms with E-state index in [1.165, 1.54) is 11.3 Å². The van der Waals surface area contributed by atoms with Crippen LogP contribution < -0.4 is 15.5 Å². The summed E-state index contributed by atoms with van der Waals surface area (Å²) in [5.41, 5.74) is 6.31. The van der Waals surface area contributed by atoms with E-state index < -0.39 is 0 Å². The molecule has 0 saturated carbocycles. The number of nitrogens with one attached hydrogen (secondary N) is 2. The smallest absolute Gasteiger partial charge is 0.307 e. The van der Waals surface area contributed by atoms with E-state index in [1.807, 2.05) is 96.4 Å². The first-order valence-electron chi connectivity index (χ1n) is 8.78. The van der Waals surface area contributed by atoms with Gasteiger partial charge in [0, 0.05) is 16.6 Å². The van der Waals surface area contributed by atoms with Crippen molar-refractivity contribution in [1.82, 2.24) is 4.68 Å². The standard InChI is InChI=1S/C22H18N4OS/c27-21(23-18-12-6-2-7-13-18)25-26-20(17-10-4-1-5-11-17)16-28-22(26)24-19-14-8-3-9-15-19/h1-16H,(H2,23,25,27). The summed E-state index contributed by atoms with van der Waals surface area (Å²) in [5.74, 6) is 0. The Bertz CT molecular complexity index is 1120. The normalized spacial score (nSPS) is 11.2. The first kappa shape index (κ1) is 17.8. The maximum Gasteiger partial charge on any atom is 0.338 e. The zero-order chi connectivity index (χ0) is 19.2. The van der Waals surface area contributed by atoms with E-state index >= 15 is 0 Å². The number of amides is 2. The maximum absolute atomic E-state index is 12.6. The van der Waals surface area contributed by atoms with Crippen LogP contribution in [-0.4, -0.2) is 10.7 Å². The molecule has 0 atom stereocenters. The molecule has 2 amide bonds. The second-order valence-electron chi connectivity index (χ2n) is 5.98. The molecule has 0 aliphatic heterocycles. The van der Waals surface area contributed by atoms with Gasteiger partial charge < -0.3 is 5.32 Å². The maximum atomic E-state index is 12.6. The Labute approximate surface area is 166 Å². The highest BCUT2D eigenvalue weighted by Gasteiger charge is 2.11. The highest BCUT2D eigenvalue weighted by molar-refractivity contribution is 7.07. The van der Waals surface area contributed by atoms with Gasteiger partial charge in [-0.2, -0.15) is 0 Å². The van der Waals surface area contributed by atoms with Gasteiger partial charge in [0.1, 0.15) is 0 Å². The molecule has 3 aromatic carbocycles. The van der Waals surface area contributed by atoms with Crippen LogP contribution in [-0.2, 0) is 0 Å². The number of hydrogen-bond donors (Lipinski definition) is 2. The van der Waals surface area contributed by atoms with Crippen LogP contribution in [0.2, 0.25) is 0 Å². The molecule has 0 aliphatic carbocycles. The van der Waals surface area contributed by atoms with Gasteiger partial charge in [-0.1, -0.05) is 66.7 Å². The highest BCUT2D eigenvalue weighted by Crippen LogP contribution is 2.19. The van der Waals surface area contributed by atoms with Gasteiger partial charge in [-0.05, 0) is 24.3 Å². The third kappa shape index (κ3) is 4.19. The Hall–Kier alpha value is -3.64. The average Bonchev–Trinajstić information content (AvgIpc) is 3.12. The van der Waals surface area contributed by atoms with Gasteiger partial charge in [0.15, 0.2) is 0 Å². The molecule has 0 saturated heterocycles. The molecule has 4 rings (SSSR count). The van der Waals surface area contributed by atoms with E-state index in [2.05, 4.69) is 15.7 Å². The molecule has 138 valence electrons. The summed E-state index contributed by atoms with van der Waals surface area (Å²) in [6.45, 7) is 0. The average molecular weight is 386 g/mol. The summed E-state index contributed by atoms with van der Waals surface area (Å²) in [6, 6.07) is 28.6. The number of para-hydroxylation sites is 2. The number of urea groups is 1. The van der Waals surface area contributed by atoms with Crippen molar-refractivity contribution in [3.8, 4) is 11.3 Å². The lowest BCUT2D eigenvalue weighted by atomic mass is 10.2. The van der Waals surface area contributed by atoms with Crippen LogP contribution in [0.15, 0.2) is 101 Å².